The van der Waals surface area contributed by atoms with E-state index in [-0.39, 0.29) is 6.04 Å². The van der Waals surface area contributed by atoms with Crippen molar-refractivity contribution in [1.29, 1.82) is 0 Å². The van der Waals surface area contributed by atoms with Gasteiger partial charge in [-0.05, 0) is 0 Å². The van der Waals surface area contributed by atoms with E-state index in [1.54, 1.807) is 24.8 Å². The second-order valence-corrected chi connectivity index (χ2v) is 3.40. The Morgan fingerprint density at radius 1 is 1.23 bits per heavy atom. The molecule has 66 valence electrons. The minimum Gasteiger partial charge on any atom is -0.317 e. The van der Waals surface area contributed by atoms with Crippen LogP contribution < -0.4 is 5.73 Å². The molecule has 0 fully saturated rings. The van der Waals surface area contributed by atoms with Gasteiger partial charge in [-0.25, -0.2) is 4.98 Å². The van der Waals surface area contributed by atoms with Gasteiger partial charge in [0.05, 0.1) is 11.9 Å². The van der Waals surface area contributed by atoms with E-state index in [4.69, 9.17) is 5.73 Å². The van der Waals surface area contributed by atoms with Crippen molar-refractivity contribution in [3.8, 4) is 0 Å². The zero-order valence-electron chi connectivity index (χ0n) is 6.79. The van der Waals surface area contributed by atoms with Gasteiger partial charge in [-0.15, -0.1) is 11.3 Å². The summed E-state index contributed by atoms with van der Waals surface area (Å²) in [5.41, 5.74) is 6.65. The molecule has 0 aliphatic carbocycles. The molecule has 1 atom stereocenters. The minimum atomic E-state index is -0.256. The van der Waals surface area contributed by atoms with E-state index in [0.717, 1.165) is 10.7 Å². The van der Waals surface area contributed by atoms with Crippen LogP contribution in [0.5, 0.6) is 0 Å². The molecule has 2 N–H and O–H groups in total. The maximum atomic E-state index is 5.91. The van der Waals surface area contributed by atoms with Crippen LogP contribution in [0.4, 0.5) is 0 Å². The highest BCUT2D eigenvalue weighted by atomic mass is 32.1. The second kappa shape index (κ2) is 3.59. The first-order valence-electron chi connectivity index (χ1n) is 3.79. The molecule has 5 heteroatoms. The molecule has 4 nitrogen and oxygen atoms in total. The molecular formula is C8H8N4S. The molecule has 0 bridgehead atoms. The number of nitrogens with two attached hydrogens (primary N) is 1. The van der Waals surface area contributed by atoms with Gasteiger partial charge in [-0.2, -0.15) is 0 Å². The van der Waals surface area contributed by atoms with E-state index < -0.39 is 0 Å². The fourth-order valence-corrected chi connectivity index (χ4v) is 1.64. The van der Waals surface area contributed by atoms with E-state index >= 15 is 0 Å². The summed E-state index contributed by atoms with van der Waals surface area (Å²) in [5.74, 6) is 0. The third kappa shape index (κ3) is 1.71. The van der Waals surface area contributed by atoms with E-state index in [9.17, 15) is 0 Å². The molecule has 0 radical (unpaired) electrons. The monoisotopic (exact) mass is 192 g/mol. The van der Waals surface area contributed by atoms with Crippen molar-refractivity contribution >= 4 is 11.3 Å². The highest BCUT2D eigenvalue weighted by Gasteiger charge is 2.11. The van der Waals surface area contributed by atoms with Crippen molar-refractivity contribution in [2.24, 2.45) is 5.73 Å². The lowest BCUT2D eigenvalue weighted by atomic mass is 10.2. The highest BCUT2D eigenvalue weighted by Crippen LogP contribution is 2.18. The summed E-state index contributed by atoms with van der Waals surface area (Å²) in [6.45, 7) is 0. The maximum Gasteiger partial charge on any atom is 0.115 e. The zero-order chi connectivity index (χ0) is 9.10. The predicted octanol–water partition coefficient (Wildman–Crippen LogP) is 0.981. The maximum absolute atomic E-state index is 5.91. The Morgan fingerprint density at radius 2 is 2.15 bits per heavy atom. The van der Waals surface area contributed by atoms with Crippen LogP contribution in [0.3, 0.4) is 0 Å². The second-order valence-electron chi connectivity index (χ2n) is 2.48. The van der Waals surface area contributed by atoms with Gasteiger partial charge in [0.15, 0.2) is 0 Å². The Morgan fingerprint density at radius 3 is 2.77 bits per heavy atom. The van der Waals surface area contributed by atoms with Crippen molar-refractivity contribution in [1.82, 2.24) is 15.0 Å². The van der Waals surface area contributed by atoms with Crippen LogP contribution in [-0.4, -0.2) is 15.0 Å². The van der Waals surface area contributed by atoms with Crippen molar-refractivity contribution in [2.45, 2.75) is 6.04 Å². The number of rotatable bonds is 2. The van der Waals surface area contributed by atoms with Gasteiger partial charge < -0.3 is 5.73 Å². The Labute approximate surface area is 79.5 Å². The van der Waals surface area contributed by atoms with Crippen LogP contribution in [0.15, 0.2) is 30.2 Å². The van der Waals surface area contributed by atoms with Gasteiger partial charge in [-0.1, -0.05) is 0 Å². The first-order valence-corrected chi connectivity index (χ1v) is 4.67. The predicted molar refractivity (Wildman–Crippen MR) is 50.2 cm³/mol. The number of aromatic nitrogens is 3. The summed E-state index contributed by atoms with van der Waals surface area (Å²) in [6, 6.07) is -0.256. The van der Waals surface area contributed by atoms with E-state index in [2.05, 4.69) is 15.0 Å². The summed E-state index contributed by atoms with van der Waals surface area (Å²) in [5, 5.41) is 2.76. The van der Waals surface area contributed by atoms with Gasteiger partial charge in [0.1, 0.15) is 11.0 Å². The van der Waals surface area contributed by atoms with Crippen molar-refractivity contribution in [3.05, 3.63) is 40.9 Å². The molecule has 0 saturated carbocycles. The third-order valence-electron chi connectivity index (χ3n) is 1.62. The van der Waals surface area contributed by atoms with Crippen LogP contribution in [0.1, 0.15) is 16.7 Å². The van der Waals surface area contributed by atoms with Gasteiger partial charge in [0, 0.05) is 24.0 Å². The Balaban J connectivity index is 2.29. The average molecular weight is 192 g/mol. The number of hydrogen-bond acceptors (Lipinski definition) is 5. The SMILES string of the molecule is NC(c1cnccn1)c1nccs1. The molecule has 2 heterocycles. The number of thiazole rings is 1. The molecule has 0 spiro atoms. The van der Waals surface area contributed by atoms with Crippen LogP contribution >= 0.6 is 11.3 Å². The molecule has 0 aliphatic heterocycles. The van der Waals surface area contributed by atoms with Crippen molar-refractivity contribution in [3.63, 3.8) is 0 Å². The summed E-state index contributed by atoms with van der Waals surface area (Å²) < 4.78 is 0. The third-order valence-corrected chi connectivity index (χ3v) is 2.48. The largest absolute Gasteiger partial charge is 0.317 e. The lowest BCUT2D eigenvalue weighted by Gasteiger charge is -2.05. The summed E-state index contributed by atoms with van der Waals surface area (Å²) in [6.07, 6.45) is 6.64. The number of nitrogens with zero attached hydrogens (tertiary/aromatic N) is 3. The van der Waals surface area contributed by atoms with Crippen LogP contribution in [0.25, 0.3) is 0 Å². The normalized spacial score (nSPS) is 12.7. The topological polar surface area (TPSA) is 64.7 Å². The average Bonchev–Trinajstić information content (AvgIpc) is 2.71. The molecule has 2 rings (SSSR count). The van der Waals surface area contributed by atoms with Gasteiger partial charge in [0.25, 0.3) is 0 Å². The summed E-state index contributed by atoms with van der Waals surface area (Å²) >= 11 is 1.52. The quantitative estimate of drug-likeness (QED) is 0.770. The van der Waals surface area contributed by atoms with E-state index in [1.165, 1.54) is 11.3 Å². The fraction of sp³-hybridized carbons (Fsp3) is 0.125. The van der Waals surface area contributed by atoms with Gasteiger partial charge in [0.2, 0.25) is 0 Å². The van der Waals surface area contributed by atoms with E-state index in [1.807, 2.05) is 5.38 Å². The van der Waals surface area contributed by atoms with Gasteiger partial charge >= 0.3 is 0 Å². The lowest BCUT2D eigenvalue weighted by Crippen LogP contribution is -2.13. The lowest BCUT2D eigenvalue weighted by molar-refractivity contribution is 0.808. The molecule has 0 saturated heterocycles. The molecule has 13 heavy (non-hydrogen) atoms. The zero-order valence-corrected chi connectivity index (χ0v) is 7.61. The van der Waals surface area contributed by atoms with Crippen molar-refractivity contribution in [2.75, 3.05) is 0 Å². The minimum absolute atomic E-state index is 0.256. The van der Waals surface area contributed by atoms with Crippen LogP contribution in [0.2, 0.25) is 0 Å². The van der Waals surface area contributed by atoms with Crippen LogP contribution in [0, 0.1) is 0 Å². The fourth-order valence-electron chi connectivity index (χ4n) is 0.986. The summed E-state index contributed by atoms with van der Waals surface area (Å²) in [4.78, 5) is 12.2. The molecule has 0 aromatic carbocycles. The first-order chi connectivity index (χ1) is 6.38. The molecular weight excluding hydrogens is 184 g/mol. The highest BCUT2D eigenvalue weighted by molar-refractivity contribution is 7.09. The van der Waals surface area contributed by atoms with Gasteiger partial charge in [-0.3, -0.25) is 9.97 Å². The molecule has 0 amide bonds. The standard InChI is InChI=1S/C8H8N4S/c9-7(8-12-3-4-13-8)6-5-10-1-2-11-6/h1-5,7H,9H2. The molecule has 0 aliphatic rings. The van der Waals surface area contributed by atoms with Crippen molar-refractivity contribution < 1.29 is 0 Å². The van der Waals surface area contributed by atoms with Crippen LogP contribution in [-0.2, 0) is 0 Å². The van der Waals surface area contributed by atoms with E-state index in [0.29, 0.717) is 0 Å². The first kappa shape index (κ1) is 8.28. The summed E-state index contributed by atoms with van der Waals surface area (Å²) in [7, 11) is 0. The Kier molecular flexibility index (Phi) is 2.29. The smallest absolute Gasteiger partial charge is 0.115 e. The molecule has 2 aromatic heterocycles. The molecule has 1 unspecified atom stereocenters. The molecule has 2 aromatic rings. The number of hydrogen-bond donors (Lipinski definition) is 1. The Bertz CT molecular complexity index is 359. The Hall–Kier alpha value is -1.33.